The second kappa shape index (κ2) is 10.4. The normalized spacial score (nSPS) is 10.9. The molecule has 0 fully saturated rings. The van der Waals surface area contributed by atoms with Gasteiger partial charge >= 0.3 is 7.12 Å². The van der Waals surface area contributed by atoms with Crippen LogP contribution in [0.15, 0.2) is 146 Å². The largest absolute Gasteiger partial charge is 0.488 e. The van der Waals surface area contributed by atoms with E-state index in [-0.39, 0.29) is 0 Å². The minimum Gasteiger partial charge on any atom is -0.423 e. The van der Waals surface area contributed by atoms with Gasteiger partial charge in [0, 0.05) is 16.8 Å². The Labute approximate surface area is 223 Å². The summed E-state index contributed by atoms with van der Waals surface area (Å²) in [7, 11) is -1.51. The summed E-state index contributed by atoms with van der Waals surface area (Å²) in [5.41, 5.74) is 8.13. The summed E-state index contributed by atoms with van der Waals surface area (Å²) in [6.07, 6.45) is 0. The van der Waals surface area contributed by atoms with Crippen molar-refractivity contribution in [3.8, 4) is 22.3 Å². The smallest absolute Gasteiger partial charge is 0.423 e. The molecule has 0 aliphatic carbocycles. The summed E-state index contributed by atoms with van der Waals surface area (Å²) in [4.78, 5) is 2.22. The Morgan fingerprint density at radius 3 is 1.53 bits per heavy atom. The molecule has 38 heavy (non-hydrogen) atoms. The molecule has 0 unspecified atom stereocenters. The molecule has 0 atom stereocenters. The van der Waals surface area contributed by atoms with Gasteiger partial charge in [-0.15, -0.1) is 0 Å². The zero-order chi connectivity index (χ0) is 25.9. The molecule has 0 aliphatic rings. The van der Waals surface area contributed by atoms with Gasteiger partial charge in [0.15, 0.2) is 0 Å². The Kier molecular flexibility index (Phi) is 6.49. The van der Waals surface area contributed by atoms with Crippen LogP contribution in [0.1, 0.15) is 0 Å². The average molecular weight is 491 g/mol. The Morgan fingerprint density at radius 2 is 0.921 bits per heavy atom. The number of hydrogen-bond acceptors (Lipinski definition) is 3. The standard InChI is InChI=1S/C34H26BNO2/c37-35(38)28-17-21-30(22-18-28)36(29-19-15-26(16-20-29)25-9-3-1-4-10-25)34-24-23-31(27-11-5-2-6-12-27)32-13-7-8-14-33(32)34/h1-24,37-38H. The molecule has 0 spiro atoms. The molecule has 2 N–H and O–H groups in total. The third-order valence-electron chi connectivity index (χ3n) is 6.91. The summed E-state index contributed by atoms with van der Waals surface area (Å²) in [5.74, 6) is 0. The van der Waals surface area contributed by atoms with Crippen LogP contribution in [0, 0.1) is 0 Å². The Hall–Kier alpha value is -4.64. The second-order valence-corrected chi connectivity index (χ2v) is 9.26. The number of benzene rings is 6. The molecule has 4 heteroatoms. The first-order chi connectivity index (χ1) is 18.7. The molecule has 6 aromatic carbocycles. The Morgan fingerprint density at radius 1 is 0.421 bits per heavy atom. The van der Waals surface area contributed by atoms with Crippen molar-refractivity contribution in [1.29, 1.82) is 0 Å². The predicted molar refractivity (Wildman–Crippen MR) is 159 cm³/mol. The topological polar surface area (TPSA) is 43.7 Å². The lowest BCUT2D eigenvalue weighted by Gasteiger charge is -2.28. The van der Waals surface area contributed by atoms with E-state index in [1.807, 2.05) is 36.4 Å². The number of nitrogens with zero attached hydrogens (tertiary/aromatic N) is 1. The van der Waals surface area contributed by atoms with Crippen LogP contribution < -0.4 is 10.4 Å². The van der Waals surface area contributed by atoms with E-state index in [1.165, 1.54) is 22.1 Å². The van der Waals surface area contributed by atoms with E-state index >= 15 is 0 Å². The highest BCUT2D eigenvalue weighted by Crippen LogP contribution is 2.42. The summed E-state index contributed by atoms with van der Waals surface area (Å²) >= 11 is 0. The fraction of sp³-hybridized carbons (Fsp3) is 0. The average Bonchev–Trinajstić information content (AvgIpc) is 2.99. The van der Waals surface area contributed by atoms with Gasteiger partial charge in [0.1, 0.15) is 0 Å². The highest BCUT2D eigenvalue weighted by molar-refractivity contribution is 6.58. The lowest BCUT2D eigenvalue weighted by atomic mass is 9.80. The Balaban J connectivity index is 1.52. The van der Waals surface area contributed by atoms with Crippen molar-refractivity contribution < 1.29 is 10.0 Å². The van der Waals surface area contributed by atoms with Gasteiger partial charge in [-0.25, -0.2) is 0 Å². The lowest BCUT2D eigenvalue weighted by molar-refractivity contribution is 0.426. The van der Waals surface area contributed by atoms with Gasteiger partial charge in [0.25, 0.3) is 0 Å². The predicted octanol–water partition coefficient (Wildman–Crippen LogP) is 7.32. The van der Waals surface area contributed by atoms with Gasteiger partial charge in [-0.3, -0.25) is 0 Å². The van der Waals surface area contributed by atoms with Crippen LogP contribution in [0.25, 0.3) is 33.0 Å². The SMILES string of the molecule is OB(O)c1ccc(N(c2ccc(-c3ccccc3)cc2)c2ccc(-c3ccccc3)c3ccccc23)cc1. The van der Waals surface area contributed by atoms with E-state index in [2.05, 4.69) is 102 Å². The van der Waals surface area contributed by atoms with Crippen molar-refractivity contribution in [1.82, 2.24) is 0 Å². The molecule has 0 saturated heterocycles. The molecule has 0 radical (unpaired) electrons. The summed E-state index contributed by atoms with van der Waals surface area (Å²) in [5, 5.41) is 21.6. The molecule has 0 aromatic heterocycles. The number of hydrogen-bond donors (Lipinski definition) is 2. The van der Waals surface area contributed by atoms with Crippen LogP contribution >= 0.6 is 0 Å². The van der Waals surface area contributed by atoms with Crippen molar-refractivity contribution in [3.05, 3.63) is 146 Å². The molecule has 6 rings (SSSR count). The van der Waals surface area contributed by atoms with Crippen molar-refractivity contribution in [3.63, 3.8) is 0 Å². The number of rotatable bonds is 6. The molecule has 182 valence electrons. The van der Waals surface area contributed by atoms with E-state index in [0.717, 1.165) is 28.0 Å². The minimum atomic E-state index is -1.51. The highest BCUT2D eigenvalue weighted by Gasteiger charge is 2.18. The fourth-order valence-corrected chi connectivity index (χ4v) is 5.00. The van der Waals surface area contributed by atoms with Crippen molar-refractivity contribution in [2.24, 2.45) is 0 Å². The van der Waals surface area contributed by atoms with E-state index < -0.39 is 7.12 Å². The van der Waals surface area contributed by atoms with Crippen molar-refractivity contribution in [2.75, 3.05) is 4.90 Å². The monoisotopic (exact) mass is 491 g/mol. The second-order valence-electron chi connectivity index (χ2n) is 9.26. The molecule has 0 amide bonds. The highest BCUT2D eigenvalue weighted by atomic mass is 16.4. The molecule has 3 nitrogen and oxygen atoms in total. The fourth-order valence-electron chi connectivity index (χ4n) is 5.00. The van der Waals surface area contributed by atoms with Crippen LogP contribution in [-0.4, -0.2) is 17.2 Å². The maximum absolute atomic E-state index is 9.65. The van der Waals surface area contributed by atoms with E-state index in [0.29, 0.717) is 5.46 Å². The van der Waals surface area contributed by atoms with Crippen LogP contribution in [0.4, 0.5) is 17.1 Å². The third kappa shape index (κ3) is 4.59. The number of fused-ring (bicyclic) bond motifs is 1. The first-order valence-electron chi connectivity index (χ1n) is 12.7. The molecule has 0 heterocycles. The maximum atomic E-state index is 9.65. The van der Waals surface area contributed by atoms with Crippen molar-refractivity contribution in [2.45, 2.75) is 0 Å². The lowest BCUT2D eigenvalue weighted by Crippen LogP contribution is -2.29. The first kappa shape index (κ1) is 23.7. The van der Waals surface area contributed by atoms with Gasteiger partial charge in [-0.1, -0.05) is 115 Å². The van der Waals surface area contributed by atoms with Gasteiger partial charge in [0.2, 0.25) is 0 Å². The van der Waals surface area contributed by atoms with E-state index in [4.69, 9.17) is 0 Å². The molecule has 0 bridgehead atoms. The molecular formula is C34H26BNO2. The van der Waals surface area contributed by atoms with Crippen LogP contribution in [0.5, 0.6) is 0 Å². The van der Waals surface area contributed by atoms with Crippen LogP contribution in [-0.2, 0) is 0 Å². The molecular weight excluding hydrogens is 465 g/mol. The van der Waals surface area contributed by atoms with E-state index in [9.17, 15) is 10.0 Å². The quantitative estimate of drug-likeness (QED) is 0.240. The van der Waals surface area contributed by atoms with Crippen molar-refractivity contribution >= 4 is 40.4 Å². The zero-order valence-electron chi connectivity index (χ0n) is 20.8. The maximum Gasteiger partial charge on any atom is 0.488 e. The Bertz CT molecular complexity index is 1670. The zero-order valence-corrected chi connectivity index (χ0v) is 20.8. The molecule has 0 aliphatic heterocycles. The first-order valence-corrected chi connectivity index (χ1v) is 12.7. The van der Waals surface area contributed by atoms with Gasteiger partial charge in [0.05, 0.1) is 5.69 Å². The van der Waals surface area contributed by atoms with Crippen LogP contribution in [0.2, 0.25) is 0 Å². The molecule has 6 aromatic rings. The summed E-state index contributed by atoms with van der Waals surface area (Å²) in [6, 6.07) is 49.6. The summed E-state index contributed by atoms with van der Waals surface area (Å²) < 4.78 is 0. The van der Waals surface area contributed by atoms with Gasteiger partial charge in [-0.2, -0.15) is 0 Å². The van der Waals surface area contributed by atoms with Gasteiger partial charge < -0.3 is 14.9 Å². The molecule has 0 saturated carbocycles. The third-order valence-corrected chi connectivity index (χ3v) is 6.91. The van der Waals surface area contributed by atoms with E-state index in [1.54, 1.807) is 12.1 Å². The minimum absolute atomic E-state index is 0.456. The number of anilines is 3. The van der Waals surface area contributed by atoms with Gasteiger partial charge in [-0.05, 0) is 63.4 Å². The summed E-state index contributed by atoms with van der Waals surface area (Å²) in [6.45, 7) is 0. The van der Waals surface area contributed by atoms with Crippen LogP contribution in [0.3, 0.4) is 0 Å².